The number of halogens is 1. The number of amidine groups is 1. The van der Waals surface area contributed by atoms with Crippen LogP contribution in [0.25, 0.3) is 0 Å². The van der Waals surface area contributed by atoms with E-state index in [1.54, 1.807) is 0 Å². The molecule has 0 aromatic heterocycles. The lowest BCUT2D eigenvalue weighted by Gasteiger charge is -2.37. The Balaban J connectivity index is 2.08. The monoisotopic (exact) mass is 508 g/mol. The van der Waals surface area contributed by atoms with Crippen LogP contribution in [0.5, 0.6) is 0 Å². The van der Waals surface area contributed by atoms with E-state index in [2.05, 4.69) is 72.1 Å². The van der Waals surface area contributed by atoms with E-state index in [1.165, 1.54) is 0 Å². The highest BCUT2D eigenvalue weighted by atomic mass is 127. The summed E-state index contributed by atoms with van der Waals surface area (Å²) in [5.41, 5.74) is 6.54. The van der Waals surface area contributed by atoms with Crippen molar-refractivity contribution in [1.29, 1.82) is 5.41 Å². The van der Waals surface area contributed by atoms with Crippen LogP contribution in [-0.2, 0) is 9.16 Å². The zero-order valence-corrected chi connectivity index (χ0v) is 21.0. The van der Waals surface area contributed by atoms with Gasteiger partial charge in [-0.25, -0.2) is 0 Å². The fraction of sp³-hybridized carbons (Fsp3) is 0.842. The van der Waals surface area contributed by atoms with Crippen LogP contribution >= 0.6 is 22.9 Å². The first kappa shape index (κ1) is 23.0. The molecule has 0 bridgehead atoms. The van der Waals surface area contributed by atoms with Crippen LogP contribution in [0.15, 0.2) is 11.4 Å². The predicted molar refractivity (Wildman–Crippen MR) is 122 cm³/mol. The maximum absolute atomic E-state index is 7.84. The van der Waals surface area contributed by atoms with E-state index in [-0.39, 0.29) is 23.2 Å². The average Bonchev–Trinajstić information content (AvgIpc) is 3.08. The second kappa shape index (κ2) is 8.58. The van der Waals surface area contributed by atoms with Crippen LogP contribution in [0, 0.1) is 11.3 Å². The molecule has 6 nitrogen and oxygen atoms in total. The molecule has 0 amide bonds. The molecule has 8 heteroatoms. The van der Waals surface area contributed by atoms with Gasteiger partial charge in [0.25, 0.3) is 0 Å². The number of nitrogens with zero attached hydrogens (tertiary/aromatic N) is 1. The molecule has 2 unspecified atom stereocenters. The van der Waals surface area contributed by atoms with Crippen LogP contribution in [0.2, 0.25) is 18.1 Å². The van der Waals surface area contributed by atoms with E-state index in [9.17, 15) is 0 Å². The van der Waals surface area contributed by atoms with Gasteiger partial charge in [-0.2, -0.15) is 0 Å². The Morgan fingerprint density at radius 3 is 2.41 bits per heavy atom. The second-order valence-electron chi connectivity index (χ2n) is 9.53. The predicted octanol–water partition coefficient (Wildman–Crippen LogP) is 4.33. The molecule has 2 aliphatic rings. The van der Waals surface area contributed by atoms with E-state index in [0.717, 1.165) is 30.7 Å². The Bertz CT molecular complexity index is 591. The van der Waals surface area contributed by atoms with Crippen molar-refractivity contribution in [3.63, 3.8) is 0 Å². The molecule has 1 saturated heterocycles. The van der Waals surface area contributed by atoms with Crippen LogP contribution in [-0.4, -0.2) is 44.0 Å². The highest BCUT2D eigenvalue weighted by Gasteiger charge is 2.46. The van der Waals surface area contributed by atoms with Gasteiger partial charge in [0.15, 0.2) is 8.32 Å². The minimum Gasteiger partial charge on any atom is -0.414 e. The molecule has 2 rings (SSSR count). The van der Waals surface area contributed by atoms with E-state index >= 15 is 0 Å². The van der Waals surface area contributed by atoms with Crippen molar-refractivity contribution in [3.8, 4) is 0 Å². The van der Waals surface area contributed by atoms with Crippen LogP contribution in [0.3, 0.4) is 0 Å². The van der Waals surface area contributed by atoms with Crippen LogP contribution < -0.4 is 9.26 Å². The summed E-state index contributed by atoms with van der Waals surface area (Å²) in [6, 6.07) is 0.446. The molecule has 4 atom stereocenters. The molecular weight excluding hydrogens is 471 g/mol. The Hall–Kier alpha value is -0.323. The van der Waals surface area contributed by atoms with Crippen molar-refractivity contribution < 1.29 is 9.16 Å². The molecule has 0 aromatic carbocycles. The van der Waals surface area contributed by atoms with Gasteiger partial charge >= 0.3 is 0 Å². The minimum absolute atomic E-state index is 0.0135. The number of hydrogen-bond donors (Lipinski definition) is 3. The third-order valence-corrected chi connectivity index (χ3v) is 11.4. The molecule has 4 N–H and O–H groups in total. The number of nitrogens with one attached hydrogen (secondary N) is 2. The number of ether oxygens (including phenoxy) is 1. The van der Waals surface area contributed by atoms with E-state index in [1.807, 2.05) is 6.92 Å². The lowest BCUT2D eigenvalue weighted by Crippen LogP contribution is -2.44. The van der Waals surface area contributed by atoms with Gasteiger partial charge in [0, 0.05) is 11.6 Å². The molecule has 0 radical (unpaired) electrons. The first-order valence-corrected chi connectivity index (χ1v) is 13.9. The van der Waals surface area contributed by atoms with E-state index in [0.29, 0.717) is 18.6 Å². The van der Waals surface area contributed by atoms with Gasteiger partial charge in [-0.15, -0.1) is 0 Å². The van der Waals surface area contributed by atoms with Gasteiger partial charge < -0.3 is 23.3 Å². The van der Waals surface area contributed by atoms with Crippen molar-refractivity contribution in [2.75, 3.05) is 6.61 Å². The zero-order chi connectivity index (χ0) is 20.6. The third kappa shape index (κ3) is 5.39. The maximum Gasteiger partial charge on any atom is 0.192 e. The summed E-state index contributed by atoms with van der Waals surface area (Å²) >= 11 is 2.13. The summed E-state index contributed by atoms with van der Waals surface area (Å²) in [4.78, 5) is 2.32. The first-order chi connectivity index (χ1) is 12.4. The normalized spacial score (nSPS) is 29.3. The van der Waals surface area contributed by atoms with Gasteiger partial charge in [-0.05, 0) is 50.2 Å². The number of nitrogens with two attached hydrogens (primary N) is 1. The summed E-state index contributed by atoms with van der Waals surface area (Å²) < 4.78 is 16.1. The summed E-state index contributed by atoms with van der Waals surface area (Å²) in [5, 5.41) is 8.04. The van der Waals surface area contributed by atoms with Gasteiger partial charge in [0.1, 0.15) is 17.9 Å². The summed E-state index contributed by atoms with van der Waals surface area (Å²) in [6.45, 7) is 16.2. The lowest BCUT2D eigenvalue weighted by atomic mass is 10.2. The van der Waals surface area contributed by atoms with Gasteiger partial charge in [0.2, 0.25) is 0 Å². The SMILES string of the molecule is C/C(C(=N)N)=C(/NI)N(C1CC1C)[C@H]1CC[C@@H](CO[Si](C)(C)C(C)(C)C)O1. The van der Waals surface area contributed by atoms with Gasteiger partial charge in [-0.3, -0.25) is 5.41 Å². The first-order valence-electron chi connectivity index (χ1n) is 9.88. The second-order valence-corrected chi connectivity index (χ2v) is 14.9. The highest BCUT2D eigenvalue weighted by molar-refractivity contribution is 14.1. The van der Waals surface area contributed by atoms with Crippen molar-refractivity contribution in [2.45, 2.75) is 90.4 Å². The van der Waals surface area contributed by atoms with Crippen molar-refractivity contribution in [2.24, 2.45) is 11.7 Å². The number of rotatable bonds is 8. The molecule has 1 heterocycles. The Labute approximate surface area is 179 Å². The fourth-order valence-corrected chi connectivity index (χ4v) is 4.90. The smallest absolute Gasteiger partial charge is 0.192 e. The van der Waals surface area contributed by atoms with Crippen molar-refractivity contribution >= 4 is 37.0 Å². The average molecular weight is 509 g/mol. The molecule has 0 spiro atoms. The minimum atomic E-state index is -1.76. The zero-order valence-electron chi connectivity index (χ0n) is 17.9. The standard InChI is InChI=1S/C19H37IN4O2Si/c1-12-10-15(12)24(18(23-20)13(2)17(21)22)16-9-8-14(26-16)11-25-27(6,7)19(3,4)5/h12,14-16,23H,8-11H2,1-7H3,(H3,21,22)/b18-13+/t12?,14-,15?,16+/m0/s1. The molecule has 1 aliphatic heterocycles. The highest BCUT2D eigenvalue weighted by Crippen LogP contribution is 2.42. The summed E-state index contributed by atoms with van der Waals surface area (Å²) in [5.74, 6) is 1.65. The molecule has 0 aromatic rings. The van der Waals surface area contributed by atoms with Crippen LogP contribution in [0.1, 0.15) is 53.9 Å². The Morgan fingerprint density at radius 1 is 1.37 bits per heavy atom. The number of hydrogen-bond acceptors (Lipinski definition) is 5. The summed E-state index contributed by atoms with van der Waals surface area (Å²) in [7, 11) is -1.76. The van der Waals surface area contributed by atoms with Crippen molar-refractivity contribution in [3.05, 3.63) is 11.4 Å². The quantitative estimate of drug-likeness (QED) is 0.150. The summed E-state index contributed by atoms with van der Waals surface area (Å²) in [6.07, 6.45) is 3.28. The molecule has 27 heavy (non-hydrogen) atoms. The van der Waals surface area contributed by atoms with Gasteiger partial charge in [0.05, 0.1) is 35.6 Å². The van der Waals surface area contributed by atoms with Gasteiger partial charge in [-0.1, -0.05) is 27.7 Å². The van der Waals surface area contributed by atoms with Crippen molar-refractivity contribution in [1.82, 2.24) is 8.43 Å². The third-order valence-electron chi connectivity index (χ3n) is 6.36. The lowest BCUT2D eigenvalue weighted by molar-refractivity contribution is -0.0588. The van der Waals surface area contributed by atoms with E-state index in [4.69, 9.17) is 20.3 Å². The van der Waals surface area contributed by atoms with Crippen LogP contribution in [0.4, 0.5) is 0 Å². The van der Waals surface area contributed by atoms with E-state index < -0.39 is 8.32 Å². The largest absolute Gasteiger partial charge is 0.414 e. The topological polar surface area (TPSA) is 83.6 Å². The maximum atomic E-state index is 7.84. The fourth-order valence-electron chi connectivity index (χ4n) is 3.19. The Kier molecular flexibility index (Phi) is 7.30. The Morgan fingerprint density at radius 2 is 1.96 bits per heavy atom. The molecule has 1 saturated carbocycles. The molecule has 156 valence electrons. The molecule has 1 aliphatic carbocycles. The molecule has 2 fully saturated rings. The molecular formula is C19H37IN4O2Si.